The molecule has 2 rings (SSSR count). The Morgan fingerprint density at radius 2 is 2.26 bits per heavy atom. The summed E-state index contributed by atoms with van der Waals surface area (Å²) in [4.78, 5) is 11.7. The monoisotopic (exact) mass is 264 g/mol. The molecule has 0 aliphatic heterocycles. The lowest BCUT2D eigenvalue weighted by atomic mass is 9.78. The second-order valence-electron chi connectivity index (χ2n) is 5.85. The molecule has 2 atom stereocenters. The molecule has 0 amide bonds. The topological polar surface area (TPSA) is 37.3 Å². The van der Waals surface area contributed by atoms with E-state index in [2.05, 4.69) is 6.92 Å². The van der Waals surface area contributed by atoms with E-state index < -0.39 is 11.4 Å². The molecule has 1 saturated carbocycles. The van der Waals surface area contributed by atoms with Gasteiger partial charge in [-0.1, -0.05) is 19.4 Å². The largest absolute Gasteiger partial charge is 0.481 e. The lowest BCUT2D eigenvalue weighted by Gasteiger charge is -2.25. The molecule has 1 fully saturated rings. The van der Waals surface area contributed by atoms with Crippen LogP contribution in [-0.4, -0.2) is 11.1 Å². The van der Waals surface area contributed by atoms with Crippen LogP contribution in [0.5, 0.6) is 0 Å². The minimum atomic E-state index is -0.702. The van der Waals surface area contributed by atoms with Gasteiger partial charge in [0.25, 0.3) is 0 Å². The number of rotatable bonds is 4. The Bertz CT molecular complexity index is 484. The molecule has 0 spiro atoms. The summed E-state index contributed by atoms with van der Waals surface area (Å²) in [5.41, 5.74) is 1.16. The third-order valence-electron chi connectivity index (χ3n) is 4.58. The number of aliphatic carboxylic acids is 1. The van der Waals surface area contributed by atoms with Gasteiger partial charge in [-0.3, -0.25) is 4.79 Å². The minimum Gasteiger partial charge on any atom is -0.481 e. The molecule has 0 saturated heterocycles. The molecular weight excluding hydrogens is 243 g/mol. The maximum Gasteiger partial charge on any atom is 0.309 e. The SMILES string of the molecule is CCC1CCC(Cc2ccc(F)cc2C)(C(=O)O)C1. The number of hydrogen-bond donors (Lipinski definition) is 1. The first kappa shape index (κ1) is 14.0. The zero-order valence-corrected chi connectivity index (χ0v) is 11.6. The van der Waals surface area contributed by atoms with E-state index in [9.17, 15) is 14.3 Å². The van der Waals surface area contributed by atoms with Gasteiger partial charge in [-0.2, -0.15) is 0 Å². The Kier molecular flexibility index (Phi) is 3.93. The van der Waals surface area contributed by atoms with Gasteiger partial charge in [0.2, 0.25) is 0 Å². The van der Waals surface area contributed by atoms with Crippen LogP contribution in [0.25, 0.3) is 0 Å². The van der Waals surface area contributed by atoms with Crippen molar-refractivity contribution in [1.29, 1.82) is 0 Å². The van der Waals surface area contributed by atoms with Crippen molar-refractivity contribution in [3.63, 3.8) is 0 Å². The highest BCUT2D eigenvalue weighted by molar-refractivity contribution is 5.75. The number of carboxylic acids is 1. The Balaban J connectivity index is 2.25. The first-order valence-corrected chi connectivity index (χ1v) is 6.95. The van der Waals surface area contributed by atoms with Gasteiger partial charge in [0.05, 0.1) is 5.41 Å². The van der Waals surface area contributed by atoms with Gasteiger partial charge in [0, 0.05) is 0 Å². The maximum absolute atomic E-state index is 13.1. The third kappa shape index (κ3) is 2.80. The average molecular weight is 264 g/mol. The normalized spacial score (nSPS) is 26.6. The van der Waals surface area contributed by atoms with Crippen molar-refractivity contribution in [3.05, 3.63) is 35.1 Å². The van der Waals surface area contributed by atoms with Crippen molar-refractivity contribution in [3.8, 4) is 0 Å². The molecule has 2 nitrogen and oxygen atoms in total. The van der Waals surface area contributed by atoms with Crippen LogP contribution in [0.3, 0.4) is 0 Å². The number of halogens is 1. The fourth-order valence-electron chi connectivity index (χ4n) is 3.24. The van der Waals surface area contributed by atoms with Gasteiger partial charge >= 0.3 is 5.97 Å². The predicted molar refractivity (Wildman–Crippen MR) is 72.5 cm³/mol. The highest BCUT2D eigenvalue weighted by Crippen LogP contribution is 2.46. The van der Waals surface area contributed by atoms with Crippen LogP contribution >= 0.6 is 0 Å². The Morgan fingerprint density at radius 3 is 2.79 bits per heavy atom. The van der Waals surface area contributed by atoms with Crippen molar-refractivity contribution in [1.82, 2.24) is 0 Å². The molecule has 1 aromatic rings. The number of benzene rings is 1. The van der Waals surface area contributed by atoms with Crippen LogP contribution in [0.15, 0.2) is 18.2 Å². The Morgan fingerprint density at radius 1 is 1.53 bits per heavy atom. The standard InChI is InChI=1S/C16H21FO2/c1-3-12-6-7-16(9-12,15(18)19)10-13-4-5-14(17)8-11(13)2/h4-5,8,12H,3,6-7,9-10H2,1-2H3,(H,18,19). The van der Waals surface area contributed by atoms with E-state index in [4.69, 9.17) is 0 Å². The molecule has 0 aromatic heterocycles. The average Bonchev–Trinajstić information content (AvgIpc) is 2.78. The summed E-state index contributed by atoms with van der Waals surface area (Å²) in [6.07, 6.45) is 4.03. The molecule has 2 unspecified atom stereocenters. The number of aryl methyl sites for hydroxylation is 1. The molecule has 104 valence electrons. The van der Waals surface area contributed by atoms with Crippen LogP contribution in [-0.2, 0) is 11.2 Å². The zero-order chi connectivity index (χ0) is 14.0. The van der Waals surface area contributed by atoms with E-state index in [-0.39, 0.29) is 5.82 Å². The molecule has 3 heteroatoms. The van der Waals surface area contributed by atoms with Gasteiger partial charge in [0.1, 0.15) is 5.82 Å². The van der Waals surface area contributed by atoms with E-state index >= 15 is 0 Å². The summed E-state index contributed by atoms with van der Waals surface area (Å²) in [6.45, 7) is 3.96. The second kappa shape index (κ2) is 5.32. The Labute approximate surface area is 113 Å². The summed E-state index contributed by atoms with van der Waals surface area (Å²) in [5, 5.41) is 9.61. The number of carboxylic acid groups (broad SMARTS) is 1. The predicted octanol–water partition coefficient (Wildman–Crippen LogP) is 3.96. The van der Waals surface area contributed by atoms with Crippen molar-refractivity contribution >= 4 is 5.97 Å². The molecule has 0 radical (unpaired) electrons. The molecule has 1 aliphatic carbocycles. The first-order valence-electron chi connectivity index (χ1n) is 6.95. The first-order chi connectivity index (χ1) is 8.97. The summed E-state index contributed by atoms with van der Waals surface area (Å²) in [6, 6.07) is 4.63. The number of hydrogen-bond acceptors (Lipinski definition) is 1. The lowest BCUT2D eigenvalue weighted by Crippen LogP contribution is -2.31. The fourth-order valence-corrected chi connectivity index (χ4v) is 3.24. The van der Waals surface area contributed by atoms with Crippen LogP contribution in [0, 0.1) is 24.1 Å². The molecular formula is C16H21FO2. The van der Waals surface area contributed by atoms with Gasteiger partial charge in [-0.15, -0.1) is 0 Å². The van der Waals surface area contributed by atoms with Crippen LogP contribution in [0.1, 0.15) is 43.7 Å². The highest BCUT2D eigenvalue weighted by atomic mass is 19.1. The zero-order valence-electron chi connectivity index (χ0n) is 11.6. The summed E-state index contributed by atoms with van der Waals surface area (Å²) in [5.74, 6) is -0.451. The molecule has 0 bridgehead atoms. The lowest BCUT2D eigenvalue weighted by molar-refractivity contribution is -0.148. The van der Waals surface area contributed by atoms with Crippen molar-refractivity contribution < 1.29 is 14.3 Å². The van der Waals surface area contributed by atoms with Crippen molar-refractivity contribution in [2.45, 2.75) is 46.0 Å². The molecule has 1 N–H and O–H groups in total. The fraction of sp³-hybridized carbons (Fsp3) is 0.562. The quantitative estimate of drug-likeness (QED) is 0.893. The van der Waals surface area contributed by atoms with E-state index in [0.717, 1.165) is 36.8 Å². The van der Waals surface area contributed by atoms with Crippen molar-refractivity contribution in [2.24, 2.45) is 11.3 Å². The van der Waals surface area contributed by atoms with Gasteiger partial charge < -0.3 is 5.11 Å². The molecule has 1 aromatic carbocycles. The van der Waals surface area contributed by atoms with Crippen molar-refractivity contribution in [2.75, 3.05) is 0 Å². The highest BCUT2D eigenvalue weighted by Gasteiger charge is 2.44. The number of carbonyl (C=O) groups is 1. The van der Waals surface area contributed by atoms with E-state index in [1.165, 1.54) is 12.1 Å². The van der Waals surface area contributed by atoms with Gasteiger partial charge in [-0.25, -0.2) is 4.39 Å². The summed E-state index contributed by atoms with van der Waals surface area (Å²) >= 11 is 0. The van der Waals surface area contributed by atoms with E-state index in [1.807, 2.05) is 6.92 Å². The molecule has 19 heavy (non-hydrogen) atoms. The minimum absolute atomic E-state index is 0.261. The van der Waals surface area contributed by atoms with Crippen LogP contribution < -0.4 is 0 Å². The van der Waals surface area contributed by atoms with E-state index in [0.29, 0.717) is 12.3 Å². The second-order valence-corrected chi connectivity index (χ2v) is 5.85. The van der Waals surface area contributed by atoms with Gasteiger partial charge in [-0.05, 0) is 61.8 Å². The van der Waals surface area contributed by atoms with Gasteiger partial charge in [0.15, 0.2) is 0 Å². The van der Waals surface area contributed by atoms with Crippen LogP contribution in [0.4, 0.5) is 4.39 Å². The van der Waals surface area contributed by atoms with E-state index in [1.54, 1.807) is 6.07 Å². The summed E-state index contributed by atoms with van der Waals surface area (Å²) in [7, 11) is 0. The maximum atomic E-state index is 13.1. The molecule has 1 aliphatic rings. The summed E-state index contributed by atoms with van der Waals surface area (Å²) < 4.78 is 13.1. The molecule has 0 heterocycles. The Hall–Kier alpha value is -1.38. The van der Waals surface area contributed by atoms with Crippen LogP contribution in [0.2, 0.25) is 0 Å². The smallest absolute Gasteiger partial charge is 0.309 e. The third-order valence-corrected chi connectivity index (χ3v) is 4.58.